The minimum absolute atomic E-state index is 0.239. The lowest BCUT2D eigenvalue weighted by Crippen LogP contribution is -2.21. The maximum absolute atomic E-state index is 5.33. The van der Waals surface area contributed by atoms with Gasteiger partial charge >= 0.3 is 0 Å². The fourth-order valence-electron chi connectivity index (χ4n) is 2.59. The molecule has 7 nitrogen and oxygen atoms in total. The summed E-state index contributed by atoms with van der Waals surface area (Å²) in [5, 5.41) is 11.4. The standard InChI is InChI=1S/C14H21N5O2/c1-10-16-12(20-18-10)7-5-8-13-17-14(19-21-13)11-6-3-2-4-9-15-11/h11,15H,2-9H2,1H3/t11-/m0/s1. The third-order valence-corrected chi connectivity index (χ3v) is 3.71. The second-order valence-electron chi connectivity index (χ2n) is 5.49. The summed E-state index contributed by atoms with van der Waals surface area (Å²) in [7, 11) is 0. The van der Waals surface area contributed by atoms with E-state index >= 15 is 0 Å². The molecule has 0 spiro atoms. The Bertz CT molecular complexity index is 557. The van der Waals surface area contributed by atoms with Gasteiger partial charge < -0.3 is 14.4 Å². The van der Waals surface area contributed by atoms with E-state index in [4.69, 9.17) is 9.05 Å². The molecule has 1 atom stereocenters. The second-order valence-corrected chi connectivity index (χ2v) is 5.49. The fraction of sp³-hybridized carbons (Fsp3) is 0.714. The van der Waals surface area contributed by atoms with Crippen molar-refractivity contribution in [1.29, 1.82) is 0 Å². The van der Waals surface area contributed by atoms with Gasteiger partial charge in [-0.3, -0.25) is 0 Å². The van der Waals surface area contributed by atoms with Crippen LogP contribution in [0.1, 0.15) is 61.6 Å². The first-order valence-corrected chi connectivity index (χ1v) is 7.66. The van der Waals surface area contributed by atoms with Crippen molar-refractivity contribution in [3.8, 4) is 0 Å². The lowest BCUT2D eigenvalue weighted by Gasteiger charge is -2.09. The Balaban J connectivity index is 1.50. The molecule has 1 aliphatic rings. The molecule has 1 saturated heterocycles. The smallest absolute Gasteiger partial charge is 0.226 e. The van der Waals surface area contributed by atoms with Crippen LogP contribution in [-0.4, -0.2) is 26.8 Å². The molecule has 3 heterocycles. The van der Waals surface area contributed by atoms with Gasteiger partial charge in [-0.25, -0.2) is 0 Å². The Kier molecular flexibility index (Phi) is 4.59. The SMILES string of the molecule is Cc1noc(CCCc2nc([C@@H]3CCCCCN3)no2)n1. The van der Waals surface area contributed by atoms with Gasteiger partial charge in [-0.2, -0.15) is 9.97 Å². The highest BCUT2D eigenvalue weighted by Crippen LogP contribution is 2.20. The molecule has 7 heteroatoms. The van der Waals surface area contributed by atoms with E-state index < -0.39 is 0 Å². The van der Waals surface area contributed by atoms with Crippen LogP contribution < -0.4 is 5.32 Å². The summed E-state index contributed by atoms with van der Waals surface area (Å²) in [5.74, 6) is 2.81. The molecule has 0 radical (unpaired) electrons. The van der Waals surface area contributed by atoms with E-state index in [9.17, 15) is 0 Å². The van der Waals surface area contributed by atoms with Crippen molar-refractivity contribution in [2.45, 2.75) is 57.9 Å². The topological polar surface area (TPSA) is 89.9 Å². The lowest BCUT2D eigenvalue weighted by atomic mass is 10.1. The molecule has 0 amide bonds. The molecule has 1 aliphatic heterocycles. The van der Waals surface area contributed by atoms with Crippen LogP contribution in [0.25, 0.3) is 0 Å². The Morgan fingerprint density at radius 1 is 1.05 bits per heavy atom. The van der Waals surface area contributed by atoms with Crippen LogP contribution >= 0.6 is 0 Å². The molecule has 0 bridgehead atoms. The van der Waals surface area contributed by atoms with Crippen LogP contribution in [0.5, 0.6) is 0 Å². The summed E-state index contributed by atoms with van der Waals surface area (Å²) in [5.41, 5.74) is 0. The molecule has 0 saturated carbocycles. The maximum Gasteiger partial charge on any atom is 0.226 e. The molecular formula is C14H21N5O2. The third kappa shape index (κ3) is 3.87. The minimum atomic E-state index is 0.239. The Hall–Kier alpha value is -1.76. The second kappa shape index (κ2) is 6.80. The van der Waals surface area contributed by atoms with Crippen molar-refractivity contribution in [3.63, 3.8) is 0 Å². The van der Waals surface area contributed by atoms with Gasteiger partial charge in [0.2, 0.25) is 11.8 Å². The van der Waals surface area contributed by atoms with Gasteiger partial charge in [0, 0.05) is 12.8 Å². The van der Waals surface area contributed by atoms with Crippen LogP contribution in [0.3, 0.4) is 0 Å². The lowest BCUT2D eigenvalue weighted by molar-refractivity contribution is 0.351. The zero-order valence-corrected chi connectivity index (χ0v) is 12.3. The monoisotopic (exact) mass is 291 g/mol. The average molecular weight is 291 g/mol. The molecule has 2 aromatic heterocycles. The van der Waals surface area contributed by atoms with Crippen LogP contribution in [0.2, 0.25) is 0 Å². The first-order chi connectivity index (χ1) is 10.3. The van der Waals surface area contributed by atoms with Crippen molar-refractivity contribution in [2.24, 2.45) is 0 Å². The van der Waals surface area contributed by atoms with E-state index in [2.05, 4.69) is 25.6 Å². The van der Waals surface area contributed by atoms with Crippen molar-refractivity contribution in [3.05, 3.63) is 23.4 Å². The predicted molar refractivity (Wildman–Crippen MR) is 74.6 cm³/mol. The number of aromatic nitrogens is 4. The Morgan fingerprint density at radius 2 is 1.86 bits per heavy atom. The average Bonchev–Trinajstić information content (AvgIpc) is 3.01. The van der Waals surface area contributed by atoms with Crippen LogP contribution in [0.15, 0.2) is 9.05 Å². The molecular weight excluding hydrogens is 270 g/mol. The van der Waals surface area contributed by atoms with Gasteiger partial charge in [-0.1, -0.05) is 23.2 Å². The molecule has 114 valence electrons. The van der Waals surface area contributed by atoms with Gasteiger partial charge in [0.05, 0.1) is 6.04 Å². The third-order valence-electron chi connectivity index (χ3n) is 3.71. The Morgan fingerprint density at radius 3 is 2.67 bits per heavy atom. The van der Waals surface area contributed by atoms with Crippen molar-refractivity contribution in [1.82, 2.24) is 25.6 Å². The maximum atomic E-state index is 5.33. The highest BCUT2D eigenvalue weighted by Gasteiger charge is 2.19. The van der Waals surface area contributed by atoms with E-state index in [1.54, 1.807) is 0 Å². The van der Waals surface area contributed by atoms with Crippen molar-refractivity contribution in [2.75, 3.05) is 6.54 Å². The predicted octanol–water partition coefficient (Wildman–Crippen LogP) is 2.14. The molecule has 2 aromatic rings. The number of aryl methyl sites for hydroxylation is 3. The molecule has 1 N–H and O–H groups in total. The van der Waals surface area contributed by atoms with E-state index in [1.807, 2.05) is 6.92 Å². The molecule has 0 unspecified atom stereocenters. The summed E-state index contributed by atoms with van der Waals surface area (Å²) >= 11 is 0. The molecule has 0 aliphatic carbocycles. The van der Waals surface area contributed by atoms with Gasteiger partial charge in [0.15, 0.2) is 11.6 Å². The van der Waals surface area contributed by atoms with Crippen molar-refractivity contribution >= 4 is 0 Å². The zero-order chi connectivity index (χ0) is 14.5. The quantitative estimate of drug-likeness (QED) is 0.902. The number of hydrogen-bond donors (Lipinski definition) is 1. The molecule has 1 fully saturated rings. The first-order valence-electron chi connectivity index (χ1n) is 7.66. The van der Waals surface area contributed by atoms with Crippen LogP contribution in [0, 0.1) is 6.92 Å². The van der Waals surface area contributed by atoms with Gasteiger partial charge in [-0.15, -0.1) is 0 Å². The highest BCUT2D eigenvalue weighted by molar-refractivity contribution is 4.95. The minimum Gasteiger partial charge on any atom is -0.339 e. The Labute approximate surface area is 123 Å². The van der Waals surface area contributed by atoms with E-state index in [-0.39, 0.29) is 6.04 Å². The van der Waals surface area contributed by atoms with E-state index in [1.165, 1.54) is 19.3 Å². The molecule has 3 rings (SSSR count). The summed E-state index contributed by atoms with van der Waals surface area (Å²) in [6.45, 7) is 2.85. The summed E-state index contributed by atoms with van der Waals surface area (Å²) in [4.78, 5) is 8.68. The van der Waals surface area contributed by atoms with Gasteiger partial charge in [0.25, 0.3) is 0 Å². The number of nitrogens with zero attached hydrogens (tertiary/aromatic N) is 4. The van der Waals surface area contributed by atoms with Crippen LogP contribution in [-0.2, 0) is 12.8 Å². The largest absolute Gasteiger partial charge is 0.339 e. The normalized spacial score (nSPS) is 19.6. The number of hydrogen-bond acceptors (Lipinski definition) is 7. The van der Waals surface area contributed by atoms with E-state index in [0.717, 1.165) is 38.1 Å². The zero-order valence-electron chi connectivity index (χ0n) is 12.3. The highest BCUT2D eigenvalue weighted by atomic mass is 16.5. The fourth-order valence-corrected chi connectivity index (χ4v) is 2.59. The van der Waals surface area contributed by atoms with Gasteiger partial charge in [-0.05, 0) is 32.7 Å². The van der Waals surface area contributed by atoms with Crippen LogP contribution in [0.4, 0.5) is 0 Å². The summed E-state index contributed by atoms with van der Waals surface area (Å²) in [6.07, 6.45) is 7.14. The summed E-state index contributed by atoms with van der Waals surface area (Å²) in [6, 6.07) is 0.239. The van der Waals surface area contributed by atoms with Crippen molar-refractivity contribution < 1.29 is 9.05 Å². The van der Waals surface area contributed by atoms with Gasteiger partial charge in [0.1, 0.15) is 0 Å². The summed E-state index contributed by atoms with van der Waals surface area (Å²) < 4.78 is 10.4. The molecule has 0 aromatic carbocycles. The van der Waals surface area contributed by atoms with E-state index in [0.29, 0.717) is 17.6 Å². The molecule has 21 heavy (non-hydrogen) atoms. The number of rotatable bonds is 5. The first kappa shape index (κ1) is 14.2. The number of nitrogens with one attached hydrogen (secondary N) is 1.